The molecule has 1 N–H and O–H groups in total. The Morgan fingerprint density at radius 2 is 2.17 bits per heavy atom. The monoisotopic (exact) mass is 331 g/mol. The summed E-state index contributed by atoms with van der Waals surface area (Å²) >= 11 is 0. The van der Waals surface area contributed by atoms with Crippen LogP contribution in [0.1, 0.15) is 35.3 Å². The molecule has 2 amide bonds. The molecule has 0 aromatic heterocycles. The zero-order valence-corrected chi connectivity index (χ0v) is 13.7. The second-order valence-electron chi connectivity index (χ2n) is 5.87. The van der Waals surface area contributed by atoms with Gasteiger partial charge in [-0.2, -0.15) is 10.3 Å². The Hall–Kier alpha value is -2.59. The summed E-state index contributed by atoms with van der Waals surface area (Å²) in [7, 11) is 1.44. The summed E-state index contributed by atoms with van der Waals surface area (Å²) in [4.78, 5) is 28.4. The lowest BCUT2D eigenvalue weighted by molar-refractivity contribution is 0.0382. The maximum absolute atomic E-state index is 13.0. The van der Waals surface area contributed by atoms with Gasteiger partial charge in [0.25, 0.3) is 0 Å². The lowest BCUT2D eigenvalue weighted by Gasteiger charge is -2.32. The highest BCUT2D eigenvalue weighted by Crippen LogP contribution is 2.25. The van der Waals surface area contributed by atoms with E-state index in [1.807, 2.05) is 19.9 Å². The molecule has 1 aliphatic heterocycles. The molecule has 2 atom stereocenters. The molecular formula is C17H18FN3O3. The van der Waals surface area contributed by atoms with Gasteiger partial charge in [0.05, 0.1) is 17.6 Å². The molecule has 2 rings (SSSR count). The molecule has 0 bridgehead atoms. The number of ether oxygens (including phenoxy) is 1. The average Bonchev–Trinajstić information content (AvgIpc) is 2.59. The van der Waals surface area contributed by atoms with Crippen molar-refractivity contribution in [2.75, 3.05) is 7.11 Å². The van der Waals surface area contributed by atoms with Gasteiger partial charge in [0, 0.05) is 12.7 Å². The van der Waals surface area contributed by atoms with Crippen molar-refractivity contribution in [2.45, 2.75) is 26.7 Å². The molecule has 6 nitrogen and oxygen atoms in total. The van der Waals surface area contributed by atoms with Crippen molar-refractivity contribution in [3.63, 3.8) is 0 Å². The molecule has 0 fully saturated rings. The van der Waals surface area contributed by atoms with Crippen molar-refractivity contribution < 1.29 is 18.7 Å². The maximum Gasteiger partial charge on any atom is 0.343 e. The van der Waals surface area contributed by atoms with E-state index in [4.69, 9.17) is 10.00 Å². The second kappa shape index (κ2) is 7.32. The van der Waals surface area contributed by atoms with Crippen molar-refractivity contribution in [1.82, 2.24) is 5.32 Å². The predicted molar refractivity (Wildman–Crippen MR) is 85.4 cm³/mol. The van der Waals surface area contributed by atoms with Gasteiger partial charge in [0.2, 0.25) is 5.78 Å². The lowest BCUT2D eigenvalue weighted by atomic mass is 9.84. The number of halogens is 1. The molecule has 126 valence electrons. The number of alkyl halides is 1. The minimum absolute atomic E-state index is 0.0296. The maximum atomic E-state index is 13.0. The normalized spacial score (nSPS) is 20.3. The first-order chi connectivity index (χ1) is 11.4. The summed E-state index contributed by atoms with van der Waals surface area (Å²) in [6.45, 7) is 2.97. The third kappa shape index (κ3) is 3.49. The number of nitrogens with one attached hydrogen (secondary N) is 1. The van der Waals surface area contributed by atoms with Crippen LogP contribution in [0.25, 0.3) is 0 Å². The largest absolute Gasteiger partial charge is 0.361 e. The third-order valence-electron chi connectivity index (χ3n) is 3.87. The molecule has 1 aromatic rings. The van der Waals surface area contributed by atoms with Crippen LogP contribution in [0, 0.1) is 23.2 Å². The van der Waals surface area contributed by atoms with E-state index in [-0.39, 0.29) is 28.3 Å². The van der Waals surface area contributed by atoms with E-state index in [0.717, 1.165) is 0 Å². The Morgan fingerprint density at radius 3 is 2.71 bits per heavy atom. The molecule has 0 saturated carbocycles. The molecule has 0 saturated heterocycles. The van der Waals surface area contributed by atoms with Crippen molar-refractivity contribution in [2.24, 2.45) is 16.8 Å². The summed E-state index contributed by atoms with van der Waals surface area (Å²) in [6, 6.07) is 5.36. The van der Waals surface area contributed by atoms with Crippen molar-refractivity contribution >= 4 is 17.5 Å². The van der Waals surface area contributed by atoms with Gasteiger partial charge in [-0.25, -0.2) is 9.18 Å². The fourth-order valence-corrected chi connectivity index (χ4v) is 2.76. The number of benzene rings is 1. The van der Waals surface area contributed by atoms with Crippen LogP contribution in [0.15, 0.2) is 23.2 Å². The van der Waals surface area contributed by atoms with Gasteiger partial charge >= 0.3 is 6.03 Å². The third-order valence-corrected chi connectivity index (χ3v) is 3.87. The molecule has 1 aromatic carbocycles. The summed E-state index contributed by atoms with van der Waals surface area (Å²) in [5.74, 6) is -0.977. The van der Waals surface area contributed by atoms with Crippen LogP contribution in [0.3, 0.4) is 0 Å². The van der Waals surface area contributed by atoms with Crippen LogP contribution < -0.4 is 5.32 Å². The number of urea groups is 1. The van der Waals surface area contributed by atoms with E-state index in [9.17, 15) is 14.0 Å². The van der Waals surface area contributed by atoms with E-state index in [1.165, 1.54) is 25.3 Å². The van der Waals surface area contributed by atoms with Crippen LogP contribution in [0.2, 0.25) is 0 Å². The fraction of sp³-hybridized carbons (Fsp3) is 0.412. The number of ketones is 1. The Bertz CT molecular complexity index is 737. The Kier molecular flexibility index (Phi) is 5.42. The number of nitrogens with zero attached hydrogens (tertiary/aromatic N) is 2. The Labute approximate surface area is 139 Å². The number of aliphatic imine (C=N–C) groups is 1. The van der Waals surface area contributed by atoms with E-state index >= 15 is 0 Å². The highest BCUT2D eigenvalue weighted by atomic mass is 19.1. The number of carbonyl (C=O) groups excluding carboxylic acids is 2. The molecular weight excluding hydrogens is 313 g/mol. The van der Waals surface area contributed by atoms with Gasteiger partial charge < -0.3 is 10.1 Å². The zero-order chi connectivity index (χ0) is 17.9. The molecule has 0 spiro atoms. The van der Waals surface area contributed by atoms with E-state index < -0.39 is 30.6 Å². The quantitative estimate of drug-likeness (QED) is 0.840. The van der Waals surface area contributed by atoms with Gasteiger partial charge in [-0.1, -0.05) is 13.8 Å². The van der Waals surface area contributed by atoms with Gasteiger partial charge in [-0.05, 0) is 29.7 Å². The number of hydrogen-bond donors (Lipinski definition) is 1. The smallest absolute Gasteiger partial charge is 0.343 e. The number of nitriles is 1. The van der Waals surface area contributed by atoms with E-state index in [1.54, 1.807) is 0 Å². The average molecular weight is 331 g/mol. The van der Waals surface area contributed by atoms with Crippen LogP contribution >= 0.6 is 0 Å². The van der Waals surface area contributed by atoms with Crippen molar-refractivity contribution in [3.8, 4) is 6.07 Å². The molecule has 7 heteroatoms. The summed E-state index contributed by atoms with van der Waals surface area (Å²) in [5, 5.41) is 11.6. The number of methoxy groups -OCH3 is 1. The minimum atomic E-state index is -0.795. The number of carbonyl (C=O) groups is 2. The Morgan fingerprint density at radius 1 is 1.46 bits per heavy atom. The second-order valence-corrected chi connectivity index (χ2v) is 5.87. The fourth-order valence-electron chi connectivity index (χ4n) is 2.76. The van der Waals surface area contributed by atoms with Gasteiger partial charge in [-0.3, -0.25) is 4.79 Å². The van der Waals surface area contributed by atoms with Crippen LogP contribution in [0.4, 0.5) is 9.18 Å². The van der Waals surface area contributed by atoms with Gasteiger partial charge in [-0.15, -0.1) is 0 Å². The molecule has 1 heterocycles. The van der Waals surface area contributed by atoms with E-state index in [0.29, 0.717) is 0 Å². The molecule has 0 aliphatic carbocycles. The first kappa shape index (κ1) is 17.8. The van der Waals surface area contributed by atoms with Gasteiger partial charge in [0.1, 0.15) is 18.6 Å². The number of hydrogen-bond acceptors (Lipinski definition) is 4. The SMILES string of the molecule is COC1NC(=O)N=C(C(=O)c2cc(C#N)cc(CF)c2)C1C(C)C. The topological polar surface area (TPSA) is 91.5 Å². The molecule has 1 aliphatic rings. The Balaban J connectivity index is 2.50. The minimum Gasteiger partial charge on any atom is -0.361 e. The zero-order valence-electron chi connectivity index (χ0n) is 13.7. The van der Waals surface area contributed by atoms with Crippen LogP contribution in [-0.4, -0.2) is 30.9 Å². The molecule has 2 unspecified atom stereocenters. The summed E-state index contributed by atoms with van der Waals surface area (Å²) in [5.41, 5.74) is 0.595. The van der Waals surface area contributed by atoms with Gasteiger partial charge in [0.15, 0.2) is 0 Å². The van der Waals surface area contributed by atoms with Crippen LogP contribution in [-0.2, 0) is 11.4 Å². The summed E-state index contributed by atoms with van der Waals surface area (Å²) < 4.78 is 18.2. The molecule has 24 heavy (non-hydrogen) atoms. The molecule has 0 radical (unpaired) electrons. The first-order valence-electron chi connectivity index (χ1n) is 7.47. The lowest BCUT2D eigenvalue weighted by Crippen LogP contribution is -2.52. The number of amides is 2. The van der Waals surface area contributed by atoms with E-state index in [2.05, 4.69) is 10.3 Å². The predicted octanol–water partition coefficient (Wildman–Crippen LogP) is 2.62. The standard InChI is InChI=1S/C17H18FN3O3/c1-9(2)13-14(20-17(23)21-16(13)24-3)15(22)12-5-10(7-18)4-11(6-12)8-19/h4-6,9,13,16H,7H2,1-3H3,(H,21,23). The number of Topliss-reactive ketones (excluding diaryl/α,β-unsaturated/α-hetero) is 1. The highest BCUT2D eigenvalue weighted by molar-refractivity contribution is 6.48. The van der Waals surface area contributed by atoms with Crippen LogP contribution in [0.5, 0.6) is 0 Å². The van der Waals surface area contributed by atoms with Crippen molar-refractivity contribution in [3.05, 3.63) is 34.9 Å². The van der Waals surface area contributed by atoms with Crippen molar-refractivity contribution in [1.29, 1.82) is 5.26 Å². The number of rotatable bonds is 5. The first-order valence-corrected chi connectivity index (χ1v) is 7.47. The highest BCUT2D eigenvalue weighted by Gasteiger charge is 2.38. The summed E-state index contributed by atoms with van der Waals surface area (Å²) in [6.07, 6.45) is -0.672.